The number of aliphatic hydroxyl groups excluding tert-OH is 2. The summed E-state index contributed by atoms with van der Waals surface area (Å²) in [6, 6.07) is 4.93. The van der Waals surface area contributed by atoms with Crippen molar-refractivity contribution < 1.29 is 18.6 Å². The number of nitrogens with zero attached hydrogens (tertiary/aromatic N) is 1. The molecule has 0 aromatic heterocycles. The lowest BCUT2D eigenvalue weighted by molar-refractivity contribution is 0.189. The molecule has 2 N–H and O–H groups in total. The lowest BCUT2D eigenvalue weighted by atomic mass is 10.1. The van der Waals surface area contributed by atoms with Crippen molar-refractivity contribution in [3.05, 3.63) is 29.3 Å². The summed E-state index contributed by atoms with van der Waals surface area (Å²) >= 11 is 0. The van der Waals surface area contributed by atoms with Gasteiger partial charge in [0.15, 0.2) is 0 Å². The Morgan fingerprint density at radius 2 is 2.20 bits per heavy atom. The second-order valence-electron chi connectivity index (χ2n) is 4.75. The molecule has 20 heavy (non-hydrogen) atoms. The number of aryl methyl sites for hydroxylation is 1. The van der Waals surface area contributed by atoms with E-state index in [1.54, 1.807) is 19.1 Å². The Balaban J connectivity index is 2.40. The Hall–Kier alpha value is -1.39. The highest BCUT2D eigenvalue weighted by atomic mass is 32.2. The van der Waals surface area contributed by atoms with Crippen LogP contribution in [-0.2, 0) is 10.0 Å². The van der Waals surface area contributed by atoms with E-state index in [0.29, 0.717) is 24.1 Å². The molecule has 1 aromatic carbocycles. The van der Waals surface area contributed by atoms with Crippen LogP contribution in [0.1, 0.15) is 17.5 Å². The molecule has 1 atom stereocenters. The third-order valence-electron chi connectivity index (χ3n) is 3.24. The van der Waals surface area contributed by atoms with Crippen molar-refractivity contribution in [3.8, 4) is 11.8 Å². The lowest BCUT2D eigenvalue weighted by Crippen LogP contribution is -2.30. The highest BCUT2D eigenvalue weighted by molar-refractivity contribution is 7.89. The third-order valence-corrected chi connectivity index (χ3v) is 5.25. The number of aliphatic hydroxyl groups is 2. The van der Waals surface area contributed by atoms with E-state index in [4.69, 9.17) is 5.11 Å². The standard InChI is InChI=1S/C14H17NO4S/c1-11-4-5-12(3-2-8-16)9-14(11)20(18,19)15-7-6-13(17)10-15/h4-5,9,13,16-17H,6-8,10H2,1H3. The van der Waals surface area contributed by atoms with Crippen LogP contribution in [0.4, 0.5) is 0 Å². The van der Waals surface area contributed by atoms with Crippen molar-refractivity contribution in [2.75, 3.05) is 19.7 Å². The van der Waals surface area contributed by atoms with E-state index >= 15 is 0 Å². The first-order valence-electron chi connectivity index (χ1n) is 6.33. The van der Waals surface area contributed by atoms with Crippen LogP contribution in [-0.4, -0.2) is 48.7 Å². The van der Waals surface area contributed by atoms with Crippen LogP contribution in [0.5, 0.6) is 0 Å². The van der Waals surface area contributed by atoms with E-state index < -0.39 is 16.1 Å². The Morgan fingerprint density at radius 3 is 2.80 bits per heavy atom. The minimum atomic E-state index is -3.61. The van der Waals surface area contributed by atoms with Crippen molar-refractivity contribution in [3.63, 3.8) is 0 Å². The van der Waals surface area contributed by atoms with Gasteiger partial charge in [-0.05, 0) is 31.0 Å². The summed E-state index contributed by atoms with van der Waals surface area (Å²) in [7, 11) is -3.61. The lowest BCUT2D eigenvalue weighted by Gasteiger charge is -2.17. The molecule has 5 nitrogen and oxygen atoms in total. The van der Waals surface area contributed by atoms with Crippen LogP contribution in [0, 0.1) is 18.8 Å². The molecule has 0 amide bonds. The van der Waals surface area contributed by atoms with Gasteiger partial charge in [-0.1, -0.05) is 17.9 Å². The van der Waals surface area contributed by atoms with Crippen LogP contribution in [0.15, 0.2) is 23.1 Å². The Morgan fingerprint density at radius 1 is 1.45 bits per heavy atom. The number of sulfonamides is 1. The Kier molecular flexibility index (Phi) is 4.45. The fourth-order valence-electron chi connectivity index (χ4n) is 2.17. The molecular weight excluding hydrogens is 278 g/mol. The predicted octanol–water partition coefficient (Wildman–Crippen LogP) is 0.0941. The number of benzene rings is 1. The zero-order valence-corrected chi connectivity index (χ0v) is 12.0. The van der Waals surface area contributed by atoms with E-state index in [0.717, 1.165) is 0 Å². The zero-order valence-electron chi connectivity index (χ0n) is 11.2. The SMILES string of the molecule is Cc1ccc(C#CCO)cc1S(=O)(=O)N1CCC(O)C1. The second kappa shape index (κ2) is 5.94. The highest BCUT2D eigenvalue weighted by Crippen LogP contribution is 2.24. The fourth-order valence-corrected chi connectivity index (χ4v) is 3.91. The molecule has 0 saturated carbocycles. The molecule has 1 aliphatic rings. The van der Waals surface area contributed by atoms with Gasteiger partial charge in [0.2, 0.25) is 10.0 Å². The summed E-state index contributed by atoms with van der Waals surface area (Å²) in [6.45, 7) is 1.92. The first-order chi connectivity index (χ1) is 9.45. The molecule has 2 rings (SSSR count). The first-order valence-corrected chi connectivity index (χ1v) is 7.78. The predicted molar refractivity (Wildman–Crippen MR) is 74.5 cm³/mol. The largest absolute Gasteiger partial charge is 0.392 e. The van der Waals surface area contributed by atoms with E-state index in [-0.39, 0.29) is 18.0 Å². The minimum Gasteiger partial charge on any atom is -0.392 e. The second-order valence-corrected chi connectivity index (χ2v) is 6.65. The number of rotatable bonds is 2. The first kappa shape index (κ1) is 15.0. The van der Waals surface area contributed by atoms with Gasteiger partial charge in [-0.3, -0.25) is 0 Å². The van der Waals surface area contributed by atoms with Crippen LogP contribution >= 0.6 is 0 Å². The smallest absolute Gasteiger partial charge is 0.243 e. The van der Waals surface area contributed by atoms with Gasteiger partial charge in [0.25, 0.3) is 0 Å². The third kappa shape index (κ3) is 3.02. The average molecular weight is 295 g/mol. The van der Waals surface area contributed by atoms with Crippen LogP contribution in [0.25, 0.3) is 0 Å². The molecule has 6 heteroatoms. The fraction of sp³-hybridized carbons (Fsp3) is 0.429. The number of β-amino-alcohol motifs (C(OH)–C–C–N with tert-alkyl or cyclic N) is 1. The molecule has 108 valence electrons. The maximum atomic E-state index is 12.5. The van der Waals surface area contributed by atoms with Crippen LogP contribution in [0.3, 0.4) is 0 Å². The van der Waals surface area contributed by atoms with Gasteiger partial charge in [0, 0.05) is 18.7 Å². The van der Waals surface area contributed by atoms with Crippen LogP contribution < -0.4 is 0 Å². The van der Waals surface area contributed by atoms with Gasteiger partial charge in [-0.25, -0.2) is 8.42 Å². The molecule has 1 aromatic rings. The maximum Gasteiger partial charge on any atom is 0.243 e. The molecule has 0 spiro atoms. The van der Waals surface area contributed by atoms with Gasteiger partial charge in [0.1, 0.15) is 6.61 Å². The molecule has 1 aliphatic heterocycles. The Bertz CT molecular complexity index is 657. The molecule has 0 radical (unpaired) electrons. The molecule has 1 unspecified atom stereocenters. The molecule has 1 saturated heterocycles. The summed E-state index contributed by atoms with van der Waals surface area (Å²) in [4.78, 5) is 0.205. The van der Waals surface area contributed by atoms with Gasteiger partial charge < -0.3 is 10.2 Å². The topological polar surface area (TPSA) is 77.8 Å². The van der Waals surface area contributed by atoms with E-state index in [1.807, 2.05) is 0 Å². The molecule has 0 aliphatic carbocycles. The minimum absolute atomic E-state index is 0.133. The summed E-state index contributed by atoms with van der Waals surface area (Å²) in [5, 5.41) is 18.2. The van der Waals surface area contributed by atoms with Crippen molar-refractivity contribution in [1.82, 2.24) is 4.31 Å². The maximum absolute atomic E-state index is 12.5. The van der Waals surface area contributed by atoms with Gasteiger partial charge >= 0.3 is 0 Å². The quantitative estimate of drug-likeness (QED) is 0.758. The average Bonchev–Trinajstić information content (AvgIpc) is 2.85. The zero-order chi connectivity index (χ0) is 14.8. The molecule has 0 bridgehead atoms. The molecule has 1 fully saturated rings. The summed E-state index contributed by atoms with van der Waals surface area (Å²) in [5.41, 5.74) is 1.18. The monoisotopic (exact) mass is 295 g/mol. The normalized spacial score (nSPS) is 19.6. The van der Waals surface area contributed by atoms with Crippen molar-refractivity contribution in [2.45, 2.75) is 24.3 Å². The Labute approximate surface area is 118 Å². The van der Waals surface area contributed by atoms with E-state index in [1.165, 1.54) is 10.4 Å². The molecule has 1 heterocycles. The highest BCUT2D eigenvalue weighted by Gasteiger charge is 2.32. The van der Waals surface area contributed by atoms with Crippen molar-refractivity contribution >= 4 is 10.0 Å². The van der Waals surface area contributed by atoms with Crippen LogP contribution in [0.2, 0.25) is 0 Å². The number of hydrogen-bond donors (Lipinski definition) is 2. The number of hydrogen-bond acceptors (Lipinski definition) is 4. The summed E-state index contributed by atoms with van der Waals surface area (Å²) in [6.07, 6.45) is -0.134. The summed E-state index contributed by atoms with van der Waals surface area (Å²) in [5.74, 6) is 5.20. The van der Waals surface area contributed by atoms with Gasteiger partial charge in [-0.2, -0.15) is 4.31 Å². The van der Waals surface area contributed by atoms with E-state index in [9.17, 15) is 13.5 Å². The van der Waals surface area contributed by atoms with Crippen molar-refractivity contribution in [1.29, 1.82) is 0 Å². The molecular formula is C14H17NO4S. The van der Waals surface area contributed by atoms with Gasteiger partial charge in [0.05, 0.1) is 11.0 Å². The summed E-state index contributed by atoms with van der Waals surface area (Å²) < 4.78 is 26.4. The van der Waals surface area contributed by atoms with Gasteiger partial charge in [-0.15, -0.1) is 0 Å². The van der Waals surface area contributed by atoms with E-state index in [2.05, 4.69) is 11.8 Å². The van der Waals surface area contributed by atoms with Crippen molar-refractivity contribution in [2.24, 2.45) is 0 Å².